The van der Waals surface area contributed by atoms with E-state index in [0.29, 0.717) is 28.1 Å². The first-order chi connectivity index (χ1) is 11.2. The molecule has 2 aromatic carbocycles. The SMILES string of the molecule is COc1ccccc1C(O)c1nc(Nc2ccc(Cl)cc2)n[nH]1. The van der Waals surface area contributed by atoms with Crippen LogP contribution in [0.2, 0.25) is 5.02 Å². The number of para-hydroxylation sites is 1. The van der Waals surface area contributed by atoms with Gasteiger partial charge in [0.15, 0.2) is 5.82 Å². The van der Waals surface area contributed by atoms with E-state index < -0.39 is 6.10 Å². The molecule has 7 heteroatoms. The number of aromatic nitrogens is 3. The highest BCUT2D eigenvalue weighted by Crippen LogP contribution is 2.28. The molecule has 3 N–H and O–H groups in total. The first-order valence-electron chi connectivity index (χ1n) is 6.93. The Balaban J connectivity index is 1.79. The lowest BCUT2D eigenvalue weighted by Crippen LogP contribution is -2.04. The highest BCUT2D eigenvalue weighted by Gasteiger charge is 2.19. The van der Waals surface area contributed by atoms with Gasteiger partial charge in [0.05, 0.1) is 7.11 Å². The maximum absolute atomic E-state index is 10.5. The molecule has 118 valence electrons. The van der Waals surface area contributed by atoms with Crippen molar-refractivity contribution in [2.75, 3.05) is 12.4 Å². The summed E-state index contributed by atoms with van der Waals surface area (Å²) in [6, 6.07) is 14.4. The maximum atomic E-state index is 10.5. The number of nitrogens with one attached hydrogen (secondary N) is 2. The summed E-state index contributed by atoms with van der Waals surface area (Å²) < 4.78 is 5.25. The molecule has 0 spiro atoms. The first-order valence-corrected chi connectivity index (χ1v) is 7.31. The zero-order valence-electron chi connectivity index (χ0n) is 12.3. The second-order valence-corrected chi connectivity index (χ2v) is 5.26. The number of rotatable bonds is 5. The van der Waals surface area contributed by atoms with Gasteiger partial charge in [-0.2, -0.15) is 4.98 Å². The van der Waals surface area contributed by atoms with Crippen LogP contribution in [0.4, 0.5) is 11.6 Å². The number of nitrogens with zero attached hydrogens (tertiary/aromatic N) is 2. The molecule has 23 heavy (non-hydrogen) atoms. The fourth-order valence-electron chi connectivity index (χ4n) is 2.15. The molecule has 0 radical (unpaired) electrons. The number of halogens is 1. The molecule has 1 heterocycles. The average Bonchev–Trinajstić information content (AvgIpc) is 3.05. The van der Waals surface area contributed by atoms with Crippen LogP contribution in [-0.2, 0) is 0 Å². The molecular formula is C16H15ClN4O2. The van der Waals surface area contributed by atoms with Crippen molar-refractivity contribution in [2.45, 2.75) is 6.10 Å². The van der Waals surface area contributed by atoms with Gasteiger partial charge in [0.2, 0.25) is 5.95 Å². The Kier molecular flexibility index (Phi) is 4.45. The summed E-state index contributed by atoms with van der Waals surface area (Å²) >= 11 is 5.85. The van der Waals surface area contributed by atoms with E-state index in [9.17, 15) is 5.11 Å². The lowest BCUT2D eigenvalue weighted by molar-refractivity contribution is 0.205. The molecular weight excluding hydrogens is 316 g/mol. The van der Waals surface area contributed by atoms with Gasteiger partial charge in [0, 0.05) is 16.3 Å². The standard InChI is InChI=1S/C16H15ClN4O2/c1-23-13-5-3-2-4-12(13)14(22)15-19-16(21-20-15)18-11-8-6-10(17)7-9-11/h2-9,14,22H,1H3,(H2,18,19,20,21). The van der Waals surface area contributed by atoms with Crippen LogP contribution < -0.4 is 10.1 Å². The zero-order chi connectivity index (χ0) is 16.2. The number of methoxy groups -OCH3 is 1. The molecule has 0 saturated heterocycles. The van der Waals surface area contributed by atoms with Gasteiger partial charge in [-0.25, -0.2) is 0 Å². The summed E-state index contributed by atoms with van der Waals surface area (Å²) in [6.45, 7) is 0. The van der Waals surface area contributed by atoms with E-state index in [-0.39, 0.29) is 0 Å². The van der Waals surface area contributed by atoms with Gasteiger partial charge in [-0.15, -0.1) is 5.10 Å². The molecule has 1 aromatic heterocycles. The number of aliphatic hydroxyl groups is 1. The first kappa shape index (κ1) is 15.3. The summed E-state index contributed by atoms with van der Waals surface area (Å²) in [5.41, 5.74) is 1.41. The number of H-pyrrole nitrogens is 1. The normalized spacial score (nSPS) is 12.0. The summed E-state index contributed by atoms with van der Waals surface area (Å²) in [6.07, 6.45) is -0.959. The highest BCUT2D eigenvalue weighted by molar-refractivity contribution is 6.30. The predicted octanol–water partition coefficient (Wildman–Crippen LogP) is 3.29. The fourth-order valence-corrected chi connectivity index (χ4v) is 2.28. The minimum absolute atomic E-state index is 0.325. The second kappa shape index (κ2) is 6.68. The molecule has 0 amide bonds. The van der Waals surface area contributed by atoms with Crippen LogP contribution >= 0.6 is 11.6 Å². The van der Waals surface area contributed by atoms with Gasteiger partial charge in [0.1, 0.15) is 11.9 Å². The lowest BCUT2D eigenvalue weighted by atomic mass is 10.1. The molecule has 1 unspecified atom stereocenters. The van der Waals surface area contributed by atoms with Gasteiger partial charge >= 0.3 is 0 Å². The second-order valence-electron chi connectivity index (χ2n) is 4.82. The highest BCUT2D eigenvalue weighted by atomic mass is 35.5. The Morgan fingerprint density at radius 3 is 2.65 bits per heavy atom. The summed E-state index contributed by atoms with van der Waals surface area (Å²) in [5.74, 6) is 1.27. The van der Waals surface area contributed by atoms with E-state index in [1.54, 1.807) is 31.4 Å². The summed E-state index contributed by atoms with van der Waals surface area (Å²) in [5, 5.41) is 20.9. The quantitative estimate of drug-likeness (QED) is 0.668. The number of ether oxygens (including phenoxy) is 1. The molecule has 0 aliphatic heterocycles. The Hall–Kier alpha value is -2.57. The number of aromatic amines is 1. The van der Waals surface area contributed by atoms with E-state index in [1.165, 1.54) is 0 Å². The van der Waals surface area contributed by atoms with Crippen LogP contribution in [0.25, 0.3) is 0 Å². The van der Waals surface area contributed by atoms with Crippen molar-refractivity contribution in [1.29, 1.82) is 0 Å². The van der Waals surface area contributed by atoms with Crippen molar-refractivity contribution >= 4 is 23.2 Å². The summed E-state index contributed by atoms with van der Waals surface area (Å²) in [7, 11) is 1.56. The Morgan fingerprint density at radius 1 is 1.17 bits per heavy atom. The van der Waals surface area contributed by atoms with Crippen molar-refractivity contribution in [3.63, 3.8) is 0 Å². The van der Waals surface area contributed by atoms with E-state index in [4.69, 9.17) is 16.3 Å². The molecule has 6 nitrogen and oxygen atoms in total. The number of benzene rings is 2. The maximum Gasteiger partial charge on any atom is 0.246 e. The van der Waals surface area contributed by atoms with Crippen molar-refractivity contribution in [2.24, 2.45) is 0 Å². The Bertz CT molecular complexity index is 789. The van der Waals surface area contributed by atoms with Crippen LogP contribution in [0.5, 0.6) is 5.75 Å². The molecule has 0 aliphatic rings. The molecule has 0 fully saturated rings. The van der Waals surface area contributed by atoms with Crippen LogP contribution in [0.15, 0.2) is 48.5 Å². The van der Waals surface area contributed by atoms with Crippen LogP contribution in [0.3, 0.4) is 0 Å². The third kappa shape index (κ3) is 3.44. The molecule has 0 bridgehead atoms. The van der Waals surface area contributed by atoms with Crippen molar-refractivity contribution in [1.82, 2.24) is 15.2 Å². The molecule has 3 aromatic rings. The minimum atomic E-state index is -0.959. The van der Waals surface area contributed by atoms with Crippen molar-refractivity contribution in [3.8, 4) is 5.75 Å². The van der Waals surface area contributed by atoms with E-state index in [1.807, 2.05) is 24.3 Å². The lowest BCUT2D eigenvalue weighted by Gasteiger charge is -2.11. The van der Waals surface area contributed by atoms with Crippen molar-refractivity contribution in [3.05, 3.63) is 64.9 Å². The third-order valence-electron chi connectivity index (χ3n) is 3.30. The minimum Gasteiger partial charge on any atom is -0.496 e. The van der Waals surface area contributed by atoms with Crippen molar-refractivity contribution < 1.29 is 9.84 Å². The fraction of sp³-hybridized carbons (Fsp3) is 0.125. The predicted molar refractivity (Wildman–Crippen MR) is 88.2 cm³/mol. The zero-order valence-corrected chi connectivity index (χ0v) is 13.1. The van der Waals surface area contributed by atoms with Gasteiger partial charge in [0.25, 0.3) is 0 Å². The summed E-state index contributed by atoms with van der Waals surface area (Å²) in [4.78, 5) is 4.26. The number of hydrogen-bond acceptors (Lipinski definition) is 5. The monoisotopic (exact) mass is 330 g/mol. The smallest absolute Gasteiger partial charge is 0.246 e. The van der Waals surface area contributed by atoms with E-state index in [2.05, 4.69) is 20.5 Å². The molecule has 3 rings (SSSR count). The molecule has 0 saturated carbocycles. The van der Waals surface area contributed by atoms with Crippen LogP contribution in [0.1, 0.15) is 17.5 Å². The average molecular weight is 331 g/mol. The Morgan fingerprint density at radius 2 is 1.91 bits per heavy atom. The van der Waals surface area contributed by atoms with Gasteiger partial charge in [-0.3, -0.25) is 5.10 Å². The topological polar surface area (TPSA) is 83.1 Å². The Labute approximate surface area is 138 Å². The van der Waals surface area contributed by atoms with Gasteiger partial charge < -0.3 is 15.2 Å². The third-order valence-corrected chi connectivity index (χ3v) is 3.55. The number of anilines is 2. The van der Waals surface area contributed by atoms with Crippen LogP contribution in [0, 0.1) is 0 Å². The van der Waals surface area contributed by atoms with Gasteiger partial charge in [-0.1, -0.05) is 29.8 Å². The van der Waals surface area contributed by atoms with Gasteiger partial charge in [-0.05, 0) is 30.3 Å². The number of aliphatic hydroxyl groups excluding tert-OH is 1. The molecule has 1 atom stereocenters. The van der Waals surface area contributed by atoms with E-state index in [0.717, 1.165) is 5.69 Å². The molecule has 0 aliphatic carbocycles. The van der Waals surface area contributed by atoms with E-state index >= 15 is 0 Å². The number of hydrogen-bond donors (Lipinski definition) is 3. The van der Waals surface area contributed by atoms with Crippen LogP contribution in [-0.4, -0.2) is 27.4 Å². The largest absolute Gasteiger partial charge is 0.496 e.